The Morgan fingerprint density at radius 3 is 1.95 bits per heavy atom. The summed E-state index contributed by atoms with van der Waals surface area (Å²) in [4.78, 5) is 21.2. The Labute approximate surface area is 121 Å². The first-order valence-electron chi connectivity index (χ1n) is 7.20. The molecule has 0 aromatic carbocycles. The van der Waals surface area contributed by atoms with Gasteiger partial charge < -0.3 is 10.2 Å². The van der Waals surface area contributed by atoms with Crippen LogP contribution in [0.5, 0.6) is 0 Å². The van der Waals surface area contributed by atoms with E-state index in [-0.39, 0.29) is 11.1 Å². The second-order valence-corrected chi connectivity index (χ2v) is 5.23. The zero-order valence-electron chi connectivity index (χ0n) is 12.4. The normalized spacial score (nSPS) is 11.8. The van der Waals surface area contributed by atoms with Crippen LogP contribution >= 0.6 is 0 Å². The minimum atomic E-state index is -0.913. The van der Waals surface area contributed by atoms with Crippen LogP contribution in [0.1, 0.15) is 58.3 Å². The number of hydrogen-bond acceptors (Lipinski definition) is 2. The molecule has 0 aliphatic carbocycles. The molecule has 0 aromatic rings. The molecule has 114 valence electrons. The van der Waals surface area contributed by atoms with Gasteiger partial charge in [0.1, 0.15) is 0 Å². The molecule has 1 unspecified atom stereocenters. The standard InChI is InChI=1S/C16H26O4/c1-4-14(11-10-13(3)16(19)20)9-7-5-6-8-12(2)15(17)18/h14H,2-11H2,1H3,(H,17,18)(H,19,20). The lowest BCUT2D eigenvalue weighted by Gasteiger charge is -2.14. The Balaban J connectivity index is 3.75. The molecule has 0 spiro atoms. The molecule has 0 aromatic heterocycles. The number of carboxylic acids is 2. The number of rotatable bonds is 12. The number of carbonyl (C=O) groups is 2. The molecule has 0 aliphatic rings. The molecule has 0 radical (unpaired) electrons. The van der Waals surface area contributed by atoms with Crippen molar-refractivity contribution in [2.45, 2.75) is 58.3 Å². The summed E-state index contributed by atoms with van der Waals surface area (Å²) in [5.74, 6) is -1.30. The van der Waals surface area contributed by atoms with E-state index in [0.717, 1.165) is 38.5 Å². The van der Waals surface area contributed by atoms with E-state index in [1.807, 2.05) is 0 Å². The van der Waals surface area contributed by atoms with Crippen molar-refractivity contribution < 1.29 is 19.8 Å². The van der Waals surface area contributed by atoms with Crippen molar-refractivity contribution >= 4 is 11.9 Å². The third-order valence-electron chi connectivity index (χ3n) is 3.63. The molecule has 0 heterocycles. The summed E-state index contributed by atoms with van der Waals surface area (Å²) in [5.41, 5.74) is 0.552. The van der Waals surface area contributed by atoms with Crippen LogP contribution in [0.15, 0.2) is 24.3 Å². The van der Waals surface area contributed by atoms with Gasteiger partial charge in [-0.15, -0.1) is 0 Å². The van der Waals surface area contributed by atoms with E-state index < -0.39 is 11.9 Å². The Morgan fingerprint density at radius 1 is 0.900 bits per heavy atom. The molecule has 0 saturated heterocycles. The van der Waals surface area contributed by atoms with Crippen LogP contribution in [-0.4, -0.2) is 22.2 Å². The minimum Gasteiger partial charge on any atom is -0.478 e. The van der Waals surface area contributed by atoms with Gasteiger partial charge in [-0.25, -0.2) is 9.59 Å². The van der Waals surface area contributed by atoms with E-state index in [9.17, 15) is 9.59 Å². The van der Waals surface area contributed by atoms with E-state index in [1.165, 1.54) is 0 Å². The summed E-state index contributed by atoms with van der Waals surface area (Å²) in [6.07, 6.45) is 6.93. The van der Waals surface area contributed by atoms with E-state index in [1.54, 1.807) is 0 Å². The van der Waals surface area contributed by atoms with E-state index in [2.05, 4.69) is 20.1 Å². The first-order valence-corrected chi connectivity index (χ1v) is 7.20. The summed E-state index contributed by atoms with van der Waals surface area (Å²) < 4.78 is 0. The highest BCUT2D eigenvalue weighted by molar-refractivity contribution is 5.85. The molecule has 0 rings (SSSR count). The number of carboxylic acid groups (broad SMARTS) is 2. The van der Waals surface area contributed by atoms with Crippen LogP contribution in [0, 0.1) is 5.92 Å². The van der Waals surface area contributed by atoms with Crippen LogP contribution in [0.25, 0.3) is 0 Å². The molecule has 20 heavy (non-hydrogen) atoms. The number of hydrogen-bond donors (Lipinski definition) is 2. The highest BCUT2D eigenvalue weighted by Crippen LogP contribution is 2.21. The SMILES string of the molecule is C=C(CCCCCC(CC)CCC(=C)C(=O)O)C(=O)O. The van der Waals surface area contributed by atoms with Crippen LogP contribution in [0.2, 0.25) is 0 Å². The van der Waals surface area contributed by atoms with Crippen molar-refractivity contribution in [3.8, 4) is 0 Å². The molecule has 4 nitrogen and oxygen atoms in total. The fourth-order valence-corrected chi connectivity index (χ4v) is 2.09. The zero-order valence-corrected chi connectivity index (χ0v) is 12.4. The maximum absolute atomic E-state index is 10.7. The predicted molar refractivity (Wildman–Crippen MR) is 79.7 cm³/mol. The summed E-state index contributed by atoms with van der Waals surface area (Å²) >= 11 is 0. The quantitative estimate of drug-likeness (QED) is 0.418. The minimum absolute atomic E-state index is 0.273. The number of aliphatic carboxylic acids is 2. The maximum atomic E-state index is 10.7. The molecular weight excluding hydrogens is 256 g/mol. The van der Waals surface area contributed by atoms with Gasteiger partial charge >= 0.3 is 11.9 Å². The molecule has 1 atom stereocenters. The lowest BCUT2D eigenvalue weighted by atomic mass is 9.92. The fraction of sp³-hybridized carbons (Fsp3) is 0.625. The molecule has 0 saturated carbocycles. The monoisotopic (exact) mass is 282 g/mol. The molecule has 0 fully saturated rings. The largest absolute Gasteiger partial charge is 0.478 e. The van der Waals surface area contributed by atoms with E-state index in [4.69, 9.17) is 10.2 Å². The molecule has 2 N–H and O–H groups in total. The summed E-state index contributed by atoms with van der Waals surface area (Å²) in [7, 11) is 0. The lowest BCUT2D eigenvalue weighted by Crippen LogP contribution is -2.04. The van der Waals surface area contributed by atoms with E-state index >= 15 is 0 Å². The van der Waals surface area contributed by atoms with Crippen LogP contribution in [-0.2, 0) is 9.59 Å². The van der Waals surface area contributed by atoms with Gasteiger partial charge in [0.2, 0.25) is 0 Å². The Morgan fingerprint density at radius 2 is 1.45 bits per heavy atom. The predicted octanol–water partition coefficient (Wildman–Crippen LogP) is 4.02. The fourth-order valence-electron chi connectivity index (χ4n) is 2.09. The summed E-state index contributed by atoms with van der Waals surface area (Å²) in [6, 6.07) is 0. The maximum Gasteiger partial charge on any atom is 0.330 e. The van der Waals surface area contributed by atoms with E-state index in [0.29, 0.717) is 18.8 Å². The highest BCUT2D eigenvalue weighted by atomic mass is 16.4. The van der Waals surface area contributed by atoms with Gasteiger partial charge in [0, 0.05) is 11.1 Å². The average molecular weight is 282 g/mol. The third-order valence-corrected chi connectivity index (χ3v) is 3.63. The zero-order chi connectivity index (χ0) is 15.5. The van der Waals surface area contributed by atoms with Crippen molar-refractivity contribution in [2.24, 2.45) is 5.92 Å². The van der Waals surface area contributed by atoms with Crippen molar-refractivity contribution in [1.82, 2.24) is 0 Å². The molecule has 4 heteroatoms. The Hall–Kier alpha value is -1.58. The second-order valence-electron chi connectivity index (χ2n) is 5.23. The van der Waals surface area contributed by atoms with Gasteiger partial charge in [0.15, 0.2) is 0 Å². The molecule has 0 bridgehead atoms. The number of unbranched alkanes of at least 4 members (excludes halogenated alkanes) is 2. The first kappa shape index (κ1) is 18.4. The van der Waals surface area contributed by atoms with Gasteiger partial charge in [0.05, 0.1) is 0 Å². The molecule has 0 aliphatic heterocycles. The Bertz CT molecular complexity index is 357. The van der Waals surface area contributed by atoms with Gasteiger partial charge in [-0.1, -0.05) is 45.8 Å². The van der Waals surface area contributed by atoms with Gasteiger partial charge in [0.25, 0.3) is 0 Å². The Kier molecular flexibility index (Phi) is 9.43. The van der Waals surface area contributed by atoms with Crippen molar-refractivity contribution in [2.75, 3.05) is 0 Å². The molecular formula is C16H26O4. The van der Waals surface area contributed by atoms with Gasteiger partial charge in [-0.3, -0.25) is 0 Å². The third kappa shape index (κ3) is 8.51. The second kappa shape index (κ2) is 10.2. The van der Waals surface area contributed by atoms with Gasteiger partial charge in [-0.2, -0.15) is 0 Å². The van der Waals surface area contributed by atoms with Crippen molar-refractivity contribution in [3.05, 3.63) is 24.3 Å². The van der Waals surface area contributed by atoms with Crippen molar-refractivity contribution in [1.29, 1.82) is 0 Å². The van der Waals surface area contributed by atoms with Gasteiger partial charge in [-0.05, 0) is 31.6 Å². The molecule has 0 amide bonds. The lowest BCUT2D eigenvalue weighted by molar-refractivity contribution is -0.133. The highest BCUT2D eigenvalue weighted by Gasteiger charge is 2.10. The first-order chi connectivity index (χ1) is 9.38. The smallest absolute Gasteiger partial charge is 0.330 e. The van der Waals surface area contributed by atoms with Crippen LogP contribution in [0.4, 0.5) is 0 Å². The topological polar surface area (TPSA) is 74.6 Å². The average Bonchev–Trinajstić information content (AvgIpc) is 2.40. The van der Waals surface area contributed by atoms with Crippen LogP contribution < -0.4 is 0 Å². The van der Waals surface area contributed by atoms with Crippen LogP contribution in [0.3, 0.4) is 0 Å². The van der Waals surface area contributed by atoms with Crippen molar-refractivity contribution in [3.63, 3.8) is 0 Å². The summed E-state index contributed by atoms with van der Waals surface area (Å²) in [6.45, 7) is 9.16. The summed E-state index contributed by atoms with van der Waals surface area (Å²) in [5, 5.41) is 17.4.